The highest BCUT2D eigenvalue weighted by atomic mass is 32.2. The van der Waals surface area contributed by atoms with E-state index in [1.165, 1.54) is 47.9 Å². The van der Waals surface area contributed by atoms with Gasteiger partial charge in [0, 0.05) is 30.1 Å². The number of benzene rings is 2. The first-order valence-corrected chi connectivity index (χ1v) is 16.7. The van der Waals surface area contributed by atoms with Crippen LogP contribution in [0.15, 0.2) is 89.9 Å². The second-order valence-corrected chi connectivity index (χ2v) is 12.9. The summed E-state index contributed by atoms with van der Waals surface area (Å²) >= 11 is 2.33. The minimum absolute atomic E-state index is 0.103. The molecule has 252 valence electrons. The number of thiazole rings is 1. The minimum Gasteiger partial charge on any atom is -0.452 e. The monoisotopic (exact) mass is 703 g/mol. The molecule has 0 saturated carbocycles. The maximum absolute atomic E-state index is 14.3. The van der Waals surface area contributed by atoms with Crippen molar-refractivity contribution in [3.8, 4) is 0 Å². The van der Waals surface area contributed by atoms with Crippen molar-refractivity contribution >= 4 is 64.2 Å². The van der Waals surface area contributed by atoms with Crippen LogP contribution in [0.3, 0.4) is 0 Å². The number of oxime groups is 1. The lowest BCUT2D eigenvalue weighted by atomic mass is 9.87. The summed E-state index contributed by atoms with van der Waals surface area (Å²) in [5.41, 5.74) is -0.0305. The van der Waals surface area contributed by atoms with Gasteiger partial charge in [-0.15, -0.1) is 23.1 Å². The van der Waals surface area contributed by atoms with Crippen LogP contribution in [0.2, 0.25) is 0 Å². The zero-order valence-electron chi connectivity index (χ0n) is 25.8. The van der Waals surface area contributed by atoms with Crippen molar-refractivity contribution in [2.75, 3.05) is 31.3 Å². The molecule has 2 saturated heterocycles. The van der Waals surface area contributed by atoms with Crippen molar-refractivity contribution in [1.82, 2.24) is 24.8 Å². The Morgan fingerprint density at radius 1 is 1.12 bits per heavy atom. The summed E-state index contributed by atoms with van der Waals surface area (Å²) < 4.78 is 13.0. The number of aromatic nitrogens is 3. The van der Waals surface area contributed by atoms with Crippen LogP contribution < -0.4 is 10.6 Å². The van der Waals surface area contributed by atoms with E-state index in [2.05, 4.69) is 25.8 Å². The van der Waals surface area contributed by atoms with Gasteiger partial charge in [-0.05, 0) is 11.1 Å². The van der Waals surface area contributed by atoms with Crippen LogP contribution in [-0.2, 0) is 33.5 Å². The second kappa shape index (κ2) is 14.7. The van der Waals surface area contributed by atoms with Gasteiger partial charge in [-0.3, -0.25) is 19.2 Å². The molecular formula is C32H29N7O8S2. The molecule has 4 heterocycles. The third-order valence-electron chi connectivity index (χ3n) is 7.81. The molecule has 6 rings (SSSR count). The maximum Gasteiger partial charge on any atom is 0.419 e. The number of anilines is 1. The van der Waals surface area contributed by atoms with E-state index >= 15 is 0 Å². The highest BCUT2D eigenvalue weighted by molar-refractivity contribution is 8.00. The number of nitrogens with zero attached hydrogens (tertiary/aromatic N) is 5. The fourth-order valence-corrected chi connectivity index (χ4v) is 7.53. The molecule has 4 aromatic rings. The highest BCUT2D eigenvalue weighted by Crippen LogP contribution is 2.44. The Morgan fingerprint density at radius 2 is 1.84 bits per heavy atom. The summed E-state index contributed by atoms with van der Waals surface area (Å²) in [4.78, 5) is 79.0. The van der Waals surface area contributed by atoms with Gasteiger partial charge in [-0.2, -0.15) is 0 Å². The number of rotatable bonds is 12. The van der Waals surface area contributed by atoms with Crippen molar-refractivity contribution in [2.24, 2.45) is 10.6 Å². The SMILES string of the molecule is CON=C(C(=O)NC1C(=O)N2CC(COC(=O)n3ccnc3)(C(=O)OC(c3ccccc3)c3ccccc3)CS[C@H]12)c1csc(NC=O)n1. The number of esters is 1. The van der Waals surface area contributed by atoms with Crippen LogP contribution in [0.1, 0.15) is 22.9 Å². The van der Waals surface area contributed by atoms with Crippen LogP contribution in [0.25, 0.3) is 0 Å². The average molecular weight is 704 g/mol. The summed E-state index contributed by atoms with van der Waals surface area (Å²) in [6, 6.07) is 17.5. The van der Waals surface area contributed by atoms with E-state index in [1.807, 2.05) is 60.7 Å². The standard InChI is InChI=1S/C32H29N7O8S2/c1-45-37-23(22-14-48-30(35-22)34-19-40)26(41)36-24-27(42)39-15-32(17-49-28(24)39,16-46-31(44)38-13-12-33-18-38)29(43)47-25(20-8-4-2-5-9-20)21-10-6-3-7-11-21/h2-14,18-19,24-25,28H,15-17H2,1H3,(H,36,41)(H,34,35,40)/t24?,28-,32?/m1/s1. The molecule has 2 fully saturated rings. The molecule has 2 N–H and O–H groups in total. The van der Waals surface area contributed by atoms with Crippen molar-refractivity contribution in [1.29, 1.82) is 0 Å². The molecule has 2 aliphatic heterocycles. The first-order chi connectivity index (χ1) is 23.8. The van der Waals surface area contributed by atoms with E-state index in [-0.39, 0.29) is 35.4 Å². The first-order valence-electron chi connectivity index (χ1n) is 14.8. The van der Waals surface area contributed by atoms with Crippen LogP contribution >= 0.6 is 23.1 Å². The van der Waals surface area contributed by atoms with Gasteiger partial charge in [0.25, 0.3) is 5.91 Å². The Kier molecular flexibility index (Phi) is 10.0. The smallest absolute Gasteiger partial charge is 0.419 e. The predicted molar refractivity (Wildman–Crippen MR) is 177 cm³/mol. The molecule has 2 unspecified atom stereocenters. The number of ether oxygens (including phenoxy) is 2. The van der Waals surface area contributed by atoms with Gasteiger partial charge in [0.05, 0.1) is 0 Å². The normalized spacial score (nSPS) is 20.1. The number of thioether (sulfide) groups is 1. The molecule has 0 bridgehead atoms. The molecule has 3 amide bonds. The molecule has 2 aromatic carbocycles. The molecule has 49 heavy (non-hydrogen) atoms. The molecule has 0 radical (unpaired) electrons. The van der Waals surface area contributed by atoms with Gasteiger partial charge in [-0.25, -0.2) is 19.3 Å². The number of β-lactam (4-membered cyclic amide) rings is 1. The highest BCUT2D eigenvalue weighted by Gasteiger charge is 2.59. The van der Waals surface area contributed by atoms with Crippen molar-refractivity contribution in [3.05, 3.63) is 102 Å². The lowest BCUT2D eigenvalue weighted by Gasteiger charge is -2.53. The van der Waals surface area contributed by atoms with E-state index in [9.17, 15) is 24.0 Å². The number of hydrogen-bond donors (Lipinski definition) is 2. The topological polar surface area (TPSA) is 183 Å². The van der Waals surface area contributed by atoms with Crippen LogP contribution in [-0.4, -0.2) is 92.9 Å². The minimum atomic E-state index is -1.45. The Hall–Kier alpha value is -5.55. The van der Waals surface area contributed by atoms with Crippen molar-refractivity contribution in [2.45, 2.75) is 17.5 Å². The quantitative estimate of drug-likeness (QED) is 0.0727. The average Bonchev–Trinajstić information content (AvgIpc) is 3.85. The summed E-state index contributed by atoms with van der Waals surface area (Å²) in [6.07, 6.45) is 3.04. The Morgan fingerprint density at radius 3 is 2.47 bits per heavy atom. The molecule has 17 heteroatoms. The molecule has 0 spiro atoms. The molecule has 3 atom stereocenters. The molecule has 15 nitrogen and oxygen atoms in total. The van der Waals surface area contributed by atoms with Crippen molar-refractivity contribution in [3.63, 3.8) is 0 Å². The molecule has 2 aromatic heterocycles. The van der Waals surface area contributed by atoms with Gasteiger partial charge in [0.2, 0.25) is 12.3 Å². The summed E-state index contributed by atoms with van der Waals surface area (Å²) in [6.45, 7) is -0.515. The molecular weight excluding hydrogens is 675 g/mol. The Balaban J connectivity index is 1.22. The fourth-order valence-electron chi connectivity index (χ4n) is 5.36. The van der Waals surface area contributed by atoms with Crippen LogP contribution in [0.4, 0.5) is 9.93 Å². The van der Waals surface area contributed by atoms with Gasteiger partial charge >= 0.3 is 12.1 Å². The van der Waals surface area contributed by atoms with Gasteiger partial charge in [0.1, 0.15) is 42.6 Å². The Bertz CT molecular complexity index is 1820. The van der Waals surface area contributed by atoms with Crippen LogP contribution in [0, 0.1) is 5.41 Å². The molecule has 0 aliphatic carbocycles. The van der Waals surface area contributed by atoms with Crippen LogP contribution in [0.5, 0.6) is 0 Å². The van der Waals surface area contributed by atoms with E-state index in [0.717, 1.165) is 27.0 Å². The van der Waals surface area contributed by atoms with Gasteiger partial charge in [-0.1, -0.05) is 65.8 Å². The number of hydrogen-bond acceptors (Lipinski definition) is 13. The fraction of sp³-hybridized carbons (Fsp3) is 0.250. The van der Waals surface area contributed by atoms with Crippen molar-refractivity contribution < 1.29 is 38.3 Å². The van der Waals surface area contributed by atoms with E-state index in [0.29, 0.717) is 6.41 Å². The third-order valence-corrected chi connectivity index (χ3v) is 10.2. The number of amides is 3. The van der Waals surface area contributed by atoms with Gasteiger partial charge in [0.15, 0.2) is 16.9 Å². The zero-order chi connectivity index (χ0) is 34.4. The number of fused-ring (bicyclic) bond motifs is 1. The maximum atomic E-state index is 14.3. The van der Waals surface area contributed by atoms with E-state index < -0.39 is 46.8 Å². The summed E-state index contributed by atoms with van der Waals surface area (Å²) in [7, 11) is 1.26. The number of nitrogens with one attached hydrogen (secondary N) is 2. The number of imidazole rings is 1. The van der Waals surface area contributed by atoms with Gasteiger partial charge < -0.3 is 29.8 Å². The number of carbonyl (C=O) groups excluding carboxylic acids is 5. The third kappa shape index (κ3) is 7.02. The summed E-state index contributed by atoms with van der Waals surface area (Å²) in [5, 5.41) is 10.1. The second-order valence-electron chi connectivity index (χ2n) is 11.0. The first kappa shape index (κ1) is 33.4. The summed E-state index contributed by atoms with van der Waals surface area (Å²) in [5.74, 6) is -1.73. The van der Waals surface area contributed by atoms with E-state index in [4.69, 9.17) is 14.3 Å². The Labute approximate surface area is 287 Å². The van der Waals surface area contributed by atoms with E-state index in [1.54, 1.807) is 0 Å². The predicted octanol–water partition coefficient (Wildman–Crippen LogP) is 2.66. The lowest BCUT2D eigenvalue weighted by Crippen LogP contribution is -2.74. The lowest BCUT2D eigenvalue weighted by molar-refractivity contribution is -0.168. The number of carbonyl (C=O) groups is 5. The largest absolute Gasteiger partial charge is 0.452 e. The molecule has 2 aliphatic rings. The zero-order valence-corrected chi connectivity index (χ0v) is 27.5.